The van der Waals surface area contributed by atoms with E-state index in [1.54, 1.807) is 13.8 Å². The van der Waals surface area contributed by atoms with Gasteiger partial charge >= 0.3 is 11.9 Å². The number of rotatable bonds is 4. The monoisotopic (exact) mass is 388 g/mol. The first kappa shape index (κ1) is 20.0. The second-order valence-corrected chi connectivity index (χ2v) is 10.9. The number of fused-ring (bicyclic) bond motifs is 3. The number of carboxylic acids is 1. The number of ether oxygens (including phenoxy) is 1. The summed E-state index contributed by atoms with van der Waals surface area (Å²) in [5, 5.41) is 10.4. The van der Waals surface area contributed by atoms with Gasteiger partial charge in [-0.05, 0) is 80.0 Å². The topological polar surface area (TPSA) is 63.6 Å². The van der Waals surface area contributed by atoms with E-state index in [9.17, 15) is 14.7 Å². The van der Waals surface area contributed by atoms with Gasteiger partial charge < -0.3 is 9.84 Å². The van der Waals surface area contributed by atoms with Crippen molar-refractivity contribution in [3.63, 3.8) is 0 Å². The first-order chi connectivity index (χ1) is 13.1. The normalized spacial score (nSPS) is 44.7. The van der Waals surface area contributed by atoms with Crippen molar-refractivity contribution in [2.24, 2.45) is 39.9 Å². The third-order valence-corrected chi connectivity index (χ3v) is 9.25. The van der Waals surface area contributed by atoms with Gasteiger partial charge in [-0.3, -0.25) is 9.59 Å². The molecule has 4 saturated carbocycles. The number of hydrogen-bond donors (Lipinski definition) is 1. The lowest BCUT2D eigenvalue weighted by atomic mass is 9.41. The van der Waals surface area contributed by atoms with Crippen LogP contribution in [0.1, 0.15) is 78.6 Å². The molecule has 4 aliphatic carbocycles. The van der Waals surface area contributed by atoms with Crippen LogP contribution < -0.4 is 0 Å². The second kappa shape index (κ2) is 6.60. The van der Waals surface area contributed by atoms with Gasteiger partial charge in [-0.15, -0.1) is 0 Å². The smallest absolute Gasteiger partial charge is 0.313 e. The van der Waals surface area contributed by atoms with Gasteiger partial charge in [-0.2, -0.15) is 0 Å². The highest BCUT2D eigenvalue weighted by atomic mass is 16.5. The van der Waals surface area contributed by atoms with Gasteiger partial charge in [-0.1, -0.05) is 39.3 Å². The quantitative estimate of drug-likeness (QED) is 0.530. The van der Waals surface area contributed by atoms with Crippen LogP contribution in [0, 0.1) is 39.9 Å². The molecule has 4 heteroatoms. The molecule has 28 heavy (non-hydrogen) atoms. The van der Waals surface area contributed by atoms with Crippen molar-refractivity contribution in [3.8, 4) is 0 Å². The first-order valence-electron chi connectivity index (χ1n) is 11.2. The molecule has 0 amide bonds. The molecule has 0 aromatic carbocycles. The molecule has 4 rings (SSSR count). The largest absolute Gasteiger partial charge is 0.481 e. The van der Waals surface area contributed by atoms with Crippen molar-refractivity contribution < 1.29 is 19.4 Å². The maximum Gasteiger partial charge on any atom is 0.313 e. The lowest BCUT2D eigenvalue weighted by Crippen LogP contribution is -2.60. The molecule has 156 valence electrons. The van der Waals surface area contributed by atoms with E-state index in [0.717, 1.165) is 32.1 Å². The minimum absolute atomic E-state index is 0.0225. The van der Waals surface area contributed by atoms with E-state index < -0.39 is 11.4 Å². The predicted octanol–water partition coefficient (Wildman–Crippen LogP) is 5.22. The Labute approximate surface area is 169 Å². The third-order valence-electron chi connectivity index (χ3n) is 9.25. The average molecular weight is 389 g/mol. The minimum Gasteiger partial charge on any atom is -0.481 e. The molecule has 0 aromatic heterocycles. The van der Waals surface area contributed by atoms with Crippen LogP contribution in [0.2, 0.25) is 0 Å². The molecule has 4 fully saturated rings. The Kier molecular flexibility index (Phi) is 4.71. The Morgan fingerprint density at radius 2 is 1.93 bits per heavy atom. The maximum atomic E-state index is 12.6. The van der Waals surface area contributed by atoms with E-state index in [1.807, 2.05) is 0 Å². The van der Waals surface area contributed by atoms with Crippen LogP contribution in [-0.4, -0.2) is 23.7 Å². The van der Waals surface area contributed by atoms with Crippen LogP contribution in [0.15, 0.2) is 12.2 Å². The molecule has 0 aromatic rings. The van der Waals surface area contributed by atoms with Crippen LogP contribution in [0.4, 0.5) is 0 Å². The molecule has 1 spiro atoms. The Morgan fingerprint density at radius 1 is 1.18 bits per heavy atom. The van der Waals surface area contributed by atoms with E-state index in [2.05, 4.69) is 13.5 Å². The molecular weight excluding hydrogens is 352 g/mol. The van der Waals surface area contributed by atoms with Gasteiger partial charge in [0.1, 0.15) is 12.0 Å². The van der Waals surface area contributed by atoms with Crippen LogP contribution in [0.3, 0.4) is 0 Å². The average Bonchev–Trinajstić information content (AvgIpc) is 2.87. The highest BCUT2D eigenvalue weighted by Crippen LogP contribution is 2.72. The van der Waals surface area contributed by atoms with Crippen LogP contribution in [0.25, 0.3) is 0 Å². The zero-order valence-electron chi connectivity index (χ0n) is 17.8. The fraction of sp³-hybridized carbons (Fsp3) is 0.833. The number of carbonyl (C=O) groups is 2. The predicted molar refractivity (Wildman–Crippen MR) is 108 cm³/mol. The van der Waals surface area contributed by atoms with Crippen molar-refractivity contribution in [2.45, 2.75) is 78.6 Å². The SMILES string of the molecule is C=C1CC23CCC4C(COC(=O)C(C)C)(C(=O)O)CCCC4(C)C2CCC1C3. The van der Waals surface area contributed by atoms with Crippen LogP contribution >= 0.6 is 0 Å². The lowest BCUT2D eigenvalue weighted by Gasteiger charge is -2.63. The highest BCUT2D eigenvalue weighted by molar-refractivity contribution is 5.77. The summed E-state index contributed by atoms with van der Waals surface area (Å²) in [5.74, 6) is 0.0843. The summed E-state index contributed by atoms with van der Waals surface area (Å²) >= 11 is 0. The zero-order chi connectivity index (χ0) is 20.3. The van der Waals surface area contributed by atoms with Gasteiger partial charge in [0.2, 0.25) is 0 Å². The summed E-state index contributed by atoms with van der Waals surface area (Å²) in [6.07, 6.45) is 9.54. The zero-order valence-corrected chi connectivity index (χ0v) is 17.8. The summed E-state index contributed by atoms with van der Waals surface area (Å²) in [7, 11) is 0. The Bertz CT molecular complexity index is 697. The van der Waals surface area contributed by atoms with E-state index in [4.69, 9.17) is 4.74 Å². The molecule has 0 radical (unpaired) electrons. The Hall–Kier alpha value is -1.32. The van der Waals surface area contributed by atoms with Crippen LogP contribution in [0.5, 0.6) is 0 Å². The van der Waals surface area contributed by atoms with Crippen molar-refractivity contribution >= 4 is 11.9 Å². The van der Waals surface area contributed by atoms with Crippen molar-refractivity contribution in [1.82, 2.24) is 0 Å². The van der Waals surface area contributed by atoms with Gasteiger partial charge in [0.15, 0.2) is 0 Å². The second-order valence-electron chi connectivity index (χ2n) is 10.9. The molecule has 6 unspecified atom stereocenters. The molecule has 0 heterocycles. The number of aliphatic carboxylic acids is 1. The first-order valence-corrected chi connectivity index (χ1v) is 11.2. The fourth-order valence-electron chi connectivity index (χ4n) is 8.02. The van der Waals surface area contributed by atoms with Crippen LogP contribution in [-0.2, 0) is 14.3 Å². The number of allylic oxidation sites excluding steroid dienone is 1. The minimum atomic E-state index is -0.925. The highest BCUT2D eigenvalue weighted by Gasteiger charge is 2.66. The standard InChI is InChI=1S/C24H36O4/c1-15(2)20(25)28-14-24(21(26)27)10-5-9-22(4)18-7-6-17-13-23(18,12-16(17)3)11-8-19(22)24/h15,17-19H,3,5-14H2,1-2,4H3,(H,26,27). The van der Waals surface area contributed by atoms with E-state index in [0.29, 0.717) is 23.7 Å². The molecule has 2 bridgehead atoms. The summed E-state index contributed by atoms with van der Waals surface area (Å²) in [6.45, 7) is 10.4. The summed E-state index contributed by atoms with van der Waals surface area (Å²) < 4.78 is 5.58. The van der Waals surface area contributed by atoms with Crippen molar-refractivity contribution in [1.29, 1.82) is 0 Å². The Morgan fingerprint density at radius 3 is 2.61 bits per heavy atom. The molecule has 6 atom stereocenters. The maximum absolute atomic E-state index is 12.6. The molecular formula is C24H36O4. The lowest BCUT2D eigenvalue weighted by molar-refractivity contribution is -0.196. The Balaban J connectivity index is 1.66. The number of carboxylic acid groups (broad SMARTS) is 1. The molecule has 1 N–H and O–H groups in total. The molecule has 4 nitrogen and oxygen atoms in total. The van der Waals surface area contributed by atoms with Crippen molar-refractivity contribution in [2.75, 3.05) is 6.61 Å². The number of carbonyl (C=O) groups excluding carboxylic acids is 1. The number of hydrogen-bond acceptors (Lipinski definition) is 3. The summed E-state index contributed by atoms with van der Waals surface area (Å²) in [6, 6.07) is 0. The third kappa shape index (κ3) is 2.69. The fourth-order valence-corrected chi connectivity index (χ4v) is 8.02. The molecule has 4 aliphatic rings. The van der Waals surface area contributed by atoms with E-state index in [1.165, 1.54) is 24.8 Å². The summed E-state index contributed by atoms with van der Waals surface area (Å²) in [4.78, 5) is 24.8. The van der Waals surface area contributed by atoms with Gasteiger partial charge in [0, 0.05) is 0 Å². The molecule has 0 aliphatic heterocycles. The van der Waals surface area contributed by atoms with Crippen molar-refractivity contribution in [3.05, 3.63) is 12.2 Å². The van der Waals surface area contributed by atoms with Gasteiger partial charge in [0.25, 0.3) is 0 Å². The van der Waals surface area contributed by atoms with E-state index in [-0.39, 0.29) is 29.8 Å². The van der Waals surface area contributed by atoms with Gasteiger partial charge in [-0.25, -0.2) is 0 Å². The summed E-state index contributed by atoms with van der Waals surface area (Å²) in [5.41, 5.74) is 0.887. The van der Waals surface area contributed by atoms with E-state index >= 15 is 0 Å². The van der Waals surface area contributed by atoms with Gasteiger partial charge in [0.05, 0.1) is 5.92 Å². The number of esters is 1. The molecule has 0 saturated heterocycles.